The zero-order valence-electron chi connectivity index (χ0n) is 21.6. The number of rotatable bonds is 4. The summed E-state index contributed by atoms with van der Waals surface area (Å²) in [5.74, 6) is 0.522. The molecule has 0 atom stereocenters. The minimum absolute atomic E-state index is 0.132. The molecule has 4 N–H and O–H groups in total. The number of Topliss-reactive ketones (excluding diaryl/α,β-unsaturated/α-hetero) is 1. The van der Waals surface area contributed by atoms with Crippen molar-refractivity contribution in [2.75, 3.05) is 31.5 Å². The van der Waals surface area contributed by atoms with Crippen LogP contribution in [0.3, 0.4) is 0 Å². The van der Waals surface area contributed by atoms with Crippen LogP contribution in [0.1, 0.15) is 58.9 Å². The molecule has 10 nitrogen and oxygen atoms in total. The SMILES string of the molecule is O=C(Nc1cnn(C2CCNCC2)c1)c1cnc2[nH]cc(-c3ccc4c(c3)OC3(CCNCC3)CC4=O)c2c1. The molecule has 7 rings (SSSR count). The van der Waals surface area contributed by atoms with Gasteiger partial charge in [-0.05, 0) is 62.8 Å². The summed E-state index contributed by atoms with van der Waals surface area (Å²) in [5, 5.41) is 15.0. The predicted octanol–water partition coefficient (Wildman–Crippen LogP) is 3.69. The van der Waals surface area contributed by atoms with Crippen LogP contribution < -0.4 is 20.7 Å². The summed E-state index contributed by atoms with van der Waals surface area (Å²) in [6.45, 7) is 3.64. The number of hydrogen-bond donors (Lipinski definition) is 4. The van der Waals surface area contributed by atoms with Gasteiger partial charge < -0.3 is 25.7 Å². The number of carbonyl (C=O) groups excluding carboxylic acids is 2. The molecule has 2 saturated heterocycles. The molecule has 3 aliphatic rings. The van der Waals surface area contributed by atoms with Gasteiger partial charge in [-0.3, -0.25) is 14.3 Å². The molecule has 4 aromatic rings. The Bertz CT molecular complexity index is 1560. The number of benzene rings is 1. The highest BCUT2D eigenvalue weighted by Gasteiger charge is 2.41. The van der Waals surface area contributed by atoms with Crippen molar-refractivity contribution in [3.05, 3.63) is 60.2 Å². The summed E-state index contributed by atoms with van der Waals surface area (Å²) in [5.41, 5.74) is 3.81. The van der Waals surface area contributed by atoms with Crippen LogP contribution in [0.4, 0.5) is 5.69 Å². The maximum absolute atomic E-state index is 13.1. The highest BCUT2D eigenvalue weighted by atomic mass is 16.5. The second-order valence-electron chi connectivity index (χ2n) is 10.8. The number of hydrogen-bond acceptors (Lipinski definition) is 7. The van der Waals surface area contributed by atoms with Crippen molar-refractivity contribution in [1.82, 2.24) is 30.4 Å². The Balaban J connectivity index is 1.15. The summed E-state index contributed by atoms with van der Waals surface area (Å²) in [7, 11) is 0. The number of aromatic nitrogens is 4. The van der Waals surface area contributed by atoms with Gasteiger partial charge in [0.25, 0.3) is 5.91 Å². The Morgan fingerprint density at radius 2 is 1.87 bits per heavy atom. The Kier molecular flexibility index (Phi) is 5.93. The quantitative estimate of drug-likeness (QED) is 0.320. The number of anilines is 1. The normalized spacial score (nSPS) is 19.1. The number of fused-ring (bicyclic) bond motifs is 2. The van der Waals surface area contributed by atoms with Crippen LogP contribution in [0.15, 0.2) is 49.1 Å². The smallest absolute Gasteiger partial charge is 0.257 e. The highest BCUT2D eigenvalue weighted by Crippen LogP contribution is 2.41. The number of H-pyrrole nitrogens is 1. The topological polar surface area (TPSA) is 126 Å². The Morgan fingerprint density at radius 1 is 1.05 bits per heavy atom. The first-order chi connectivity index (χ1) is 19.1. The van der Waals surface area contributed by atoms with Gasteiger partial charge in [-0.1, -0.05) is 6.07 Å². The van der Waals surface area contributed by atoms with Crippen LogP contribution in [0.5, 0.6) is 5.75 Å². The Labute approximate surface area is 225 Å². The standard InChI is InChI=1S/C29H31N7O3/c37-25-13-29(5-9-31-10-6-29)39-26-12-18(1-2-22(25)26)24-16-33-27-23(24)11-19(14-32-27)28(38)35-20-15-34-36(17-20)21-3-7-30-8-4-21/h1-2,11-12,14-17,21,30-31H,3-10,13H2,(H,32,33)(H,35,38). The Hall–Kier alpha value is -4.02. The third kappa shape index (κ3) is 4.49. The van der Waals surface area contributed by atoms with Crippen LogP contribution in [-0.2, 0) is 0 Å². The molecule has 0 radical (unpaired) electrons. The van der Waals surface area contributed by atoms with E-state index >= 15 is 0 Å². The first-order valence-electron chi connectivity index (χ1n) is 13.7. The van der Waals surface area contributed by atoms with Gasteiger partial charge in [0.15, 0.2) is 5.78 Å². The average Bonchev–Trinajstić information content (AvgIpc) is 3.60. The first kappa shape index (κ1) is 24.1. The molecule has 10 heteroatoms. The zero-order valence-corrected chi connectivity index (χ0v) is 21.6. The number of amides is 1. The van der Waals surface area contributed by atoms with Crippen LogP contribution in [0.25, 0.3) is 22.2 Å². The number of aromatic amines is 1. The van der Waals surface area contributed by atoms with Crippen molar-refractivity contribution in [3.8, 4) is 16.9 Å². The lowest BCUT2D eigenvalue weighted by atomic mass is 9.82. The van der Waals surface area contributed by atoms with Gasteiger partial charge in [0.2, 0.25) is 0 Å². The number of nitrogens with zero attached hydrogens (tertiary/aromatic N) is 3. The number of ether oxygens (including phenoxy) is 1. The lowest BCUT2D eigenvalue weighted by Gasteiger charge is -2.41. The van der Waals surface area contributed by atoms with Crippen LogP contribution in [0.2, 0.25) is 0 Å². The molecule has 3 aliphatic heterocycles. The fourth-order valence-electron chi connectivity index (χ4n) is 6.07. The van der Waals surface area contributed by atoms with E-state index in [0.29, 0.717) is 40.7 Å². The van der Waals surface area contributed by atoms with Crippen molar-refractivity contribution < 1.29 is 14.3 Å². The fourth-order valence-corrected chi connectivity index (χ4v) is 6.07. The van der Waals surface area contributed by atoms with E-state index in [1.165, 1.54) is 0 Å². The van der Waals surface area contributed by atoms with Gasteiger partial charge in [0.05, 0.1) is 35.5 Å². The van der Waals surface area contributed by atoms with Crippen molar-refractivity contribution >= 4 is 28.4 Å². The second kappa shape index (κ2) is 9.62. The molecule has 3 aromatic heterocycles. The molecule has 6 heterocycles. The molecule has 2 fully saturated rings. The molecule has 0 unspecified atom stereocenters. The summed E-state index contributed by atoms with van der Waals surface area (Å²) in [6, 6.07) is 7.92. The minimum Gasteiger partial charge on any atom is -0.486 e. The number of pyridine rings is 1. The molecule has 39 heavy (non-hydrogen) atoms. The number of nitrogens with one attached hydrogen (secondary N) is 4. The fraction of sp³-hybridized carbons (Fsp3) is 0.379. The Morgan fingerprint density at radius 3 is 2.72 bits per heavy atom. The largest absolute Gasteiger partial charge is 0.486 e. The van der Waals surface area contributed by atoms with Gasteiger partial charge in [-0.2, -0.15) is 5.10 Å². The lowest BCUT2D eigenvalue weighted by molar-refractivity contribution is 0.0188. The monoisotopic (exact) mass is 525 g/mol. The van der Waals surface area contributed by atoms with Gasteiger partial charge in [-0.25, -0.2) is 4.98 Å². The maximum atomic E-state index is 13.1. The summed E-state index contributed by atoms with van der Waals surface area (Å²) >= 11 is 0. The van der Waals surface area contributed by atoms with E-state index in [1.54, 1.807) is 12.4 Å². The molecule has 0 bridgehead atoms. The zero-order chi connectivity index (χ0) is 26.4. The van der Waals surface area contributed by atoms with E-state index in [-0.39, 0.29) is 11.7 Å². The van der Waals surface area contributed by atoms with E-state index in [4.69, 9.17) is 4.74 Å². The van der Waals surface area contributed by atoms with Gasteiger partial charge >= 0.3 is 0 Å². The van der Waals surface area contributed by atoms with E-state index in [2.05, 4.69) is 31.0 Å². The molecule has 200 valence electrons. The third-order valence-electron chi connectivity index (χ3n) is 8.25. The first-order valence-corrected chi connectivity index (χ1v) is 13.7. The predicted molar refractivity (Wildman–Crippen MR) is 147 cm³/mol. The number of ketones is 1. The molecule has 1 amide bonds. The third-order valence-corrected chi connectivity index (χ3v) is 8.25. The van der Waals surface area contributed by atoms with Gasteiger partial charge in [0.1, 0.15) is 17.0 Å². The van der Waals surface area contributed by atoms with E-state index in [1.807, 2.05) is 41.3 Å². The van der Waals surface area contributed by atoms with Gasteiger partial charge in [0, 0.05) is 42.4 Å². The average molecular weight is 526 g/mol. The van der Waals surface area contributed by atoms with E-state index < -0.39 is 5.60 Å². The van der Waals surface area contributed by atoms with E-state index in [9.17, 15) is 9.59 Å². The summed E-state index contributed by atoms with van der Waals surface area (Å²) in [4.78, 5) is 33.8. The van der Waals surface area contributed by atoms with Crippen molar-refractivity contribution in [1.29, 1.82) is 0 Å². The lowest BCUT2D eigenvalue weighted by Crippen LogP contribution is -2.49. The summed E-state index contributed by atoms with van der Waals surface area (Å²) in [6.07, 6.45) is 11.1. The maximum Gasteiger partial charge on any atom is 0.257 e. The highest BCUT2D eigenvalue weighted by molar-refractivity contribution is 6.07. The second-order valence-corrected chi connectivity index (χ2v) is 10.8. The van der Waals surface area contributed by atoms with Crippen molar-refractivity contribution in [2.24, 2.45) is 0 Å². The minimum atomic E-state index is -0.428. The molecular formula is C29H31N7O3. The van der Waals surface area contributed by atoms with Crippen LogP contribution in [-0.4, -0.2) is 63.2 Å². The van der Waals surface area contributed by atoms with Crippen molar-refractivity contribution in [3.63, 3.8) is 0 Å². The molecule has 1 spiro atoms. The molecule has 1 aromatic carbocycles. The number of piperidine rings is 2. The van der Waals surface area contributed by atoms with Crippen molar-refractivity contribution in [2.45, 2.75) is 43.7 Å². The number of carbonyl (C=O) groups is 2. The van der Waals surface area contributed by atoms with Crippen LogP contribution in [0, 0.1) is 0 Å². The molecule has 0 saturated carbocycles. The molecular weight excluding hydrogens is 494 g/mol. The van der Waals surface area contributed by atoms with E-state index in [0.717, 1.165) is 68.4 Å². The van der Waals surface area contributed by atoms with Gasteiger partial charge in [-0.15, -0.1) is 0 Å². The van der Waals surface area contributed by atoms with Crippen LogP contribution >= 0.6 is 0 Å². The summed E-state index contributed by atoms with van der Waals surface area (Å²) < 4.78 is 8.44. The molecule has 0 aliphatic carbocycles.